The van der Waals surface area contributed by atoms with E-state index >= 15 is 0 Å². The van der Waals surface area contributed by atoms with Crippen molar-refractivity contribution in [2.24, 2.45) is 0 Å². The van der Waals surface area contributed by atoms with Crippen LogP contribution in [0.5, 0.6) is 0 Å². The molecule has 0 aliphatic carbocycles. The normalized spacial score (nSPS) is 9.61. The Morgan fingerprint density at radius 1 is 1.17 bits per heavy atom. The fraction of sp³-hybridized carbons (Fsp3) is 0.167. The molecule has 118 valence electrons. The zero-order chi connectivity index (χ0) is 16.5. The van der Waals surface area contributed by atoms with Gasteiger partial charge in [-0.05, 0) is 17.7 Å². The van der Waals surface area contributed by atoms with Crippen LogP contribution in [0.15, 0.2) is 48.5 Å². The summed E-state index contributed by atoms with van der Waals surface area (Å²) in [4.78, 5) is 11.5. The highest BCUT2D eigenvalue weighted by Gasteiger charge is 2.02. The highest BCUT2D eigenvalue weighted by Crippen LogP contribution is 2.13. The monoisotopic (exact) mass is 312 g/mol. The minimum Gasteiger partial charge on any atom is -0.445 e. The molecule has 0 saturated carbocycles. The molecule has 0 aliphatic heterocycles. The van der Waals surface area contributed by atoms with Crippen LogP contribution in [0.2, 0.25) is 0 Å². The molecule has 0 aliphatic rings. The second kappa shape index (κ2) is 8.44. The van der Waals surface area contributed by atoms with Crippen LogP contribution in [0.3, 0.4) is 0 Å². The number of ether oxygens (including phenoxy) is 1. The molecule has 0 saturated heterocycles. The lowest BCUT2D eigenvalue weighted by molar-refractivity contribution is 0.140. The van der Waals surface area contributed by atoms with Gasteiger partial charge in [-0.2, -0.15) is 0 Å². The van der Waals surface area contributed by atoms with Crippen molar-refractivity contribution in [3.05, 3.63) is 65.5 Å². The average Bonchev–Trinajstić information content (AvgIpc) is 2.56. The fourth-order valence-electron chi connectivity index (χ4n) is 1.82. The number of carbonyl (C=O) groups excluding carboxylic acids is 1. The zero-order valence-corrected chi connectivity index (χ0v) is 12.5. The van der Waals surface area contributed by atoms with Gasteiger partial charge in [0.05, 0.1) is 11.3 Å². The number of anilines is 1. The molecule has 0 unspecified atom stereocenters. The largest absolute Gasteiger partial charge is 0.445 e. The van der Waals surface area contributed by atoms with Gasteiger partial charge in [0, 0.05) is 13.0 Å². The molecule has 3 N–H and O–H groups in total. The van der Waals surface area contributed by atoms with Gasteiger partial charge >= 0.3 is 6.09 Å². The Kier molecular flexibility index (Phi) is 6.01. The van der Waals surface area contributed by atoms with E-state index in [2.05, 4.69) is 17.2 Å². The van der Waals surface area contributed by atoms with Crippen LogP contribution in [0, 0.1) is 17.7 Å². The first-order chi connectivity index (χ1) is 11.2. The maximum Gasteiger partial charge on any atom is 0.407 e. The molecule has 5 heteroatoms. The second-order valence-corrected chi connectivity index (χ2v) is 4.74. The van der Waals surface area contributed by atoms with Crippen molar-refractivity contribution in [1.82, 2.24) is 5.32 Å². The number of nitrogen functional groups attached to an aromatic ring is 1. The smallest absolute Gasteiger partial charge is 0.407 e. The summed E-state index contributed by atoms with van der Waals surface area (Å²) in [6.07, 6.45) is -0.144. The maximum atomic E-state index is 13.5. The van der Waals surface area contributed by atoms with Crippen molar-refractivity contribution < 1.29 is 13.9 Å². The van der Waals surface area contributed by atoms with Crippen molar-refractivity contribution in [3.8, 4) is 11.8 Å². The first-order valence-electron chi connectivity index (χ1n) is 7.14. The molecule has 2 rings (SSSR count). The Hall–Kier alpha value is -3.00. The van der Waals surface area contributed by atoms with Gasteiger partial charge in [0.1, 0.15) is 12.4 Å². The number of rotatable bonds is 4. The number of halogens is 1. The summed E-state index contributed by atoms with van der Waals surface area (Å²) >= 11 is 0. The summed E-state index contributed by atoms with van der Waals surface area (Å²) in [5.41, 5.74) is 7.04. The van der Waals surface area contributed by atoms with Gasteiger partial charge in [-0.1, -0.05) is 48.2 Å². The summed E-state index contributed by atoms with van der Waals surface area (Å²) in [5, 5.41) is 2.58. The van der Waals surface area contributed by atoms with Crippen molar-refractivity contribution in [3.63, 3.8) is 0 Å². The van der Waals surface area contributed by atoms with E-state index in [1.165, 1.54) is 12.1 Å². The van der Waals surface area contributed by atoms with Crippen molar-refractivity contribution in [2.75, 3.05) is 12.3 Å². The molecular weight excluding hydrogens is 295 g/mol. The third kappa shape index (κ3) is 5.36. The maximum absolute atomic E-state index is 13.5. The van der Waals surface area contributed by atoms with Crippen LogP contribution >= 0.6 is 0 Å². The van der Waals surface area contributed by atoms with Gasteiger partial charge < -0.3 is 15.8 Å². The standard InChI is InChI=1S/C18H17FN2O2/c19-16-10-6-11-17(20)15(16)9-4-5-12-21-18(22)23-13-14-7-2-1-3-8-14/h1-3,6-8,10-11H,5,12-13,20H2,(H,21,22). The van der Waals surface area contributed by atoms with E-state index in [0.717, 1.165) is 5.56 Å². The molecule has 2 aromatic carbocycles. The van der Waals surface area contributed by atoms with Crippen LogP contribution in [-0.4, -0.2) is 12.6 Å². The summed E-state index contributed by atoms with van der Waals surface area (Å²) in [6, 6.07) is 13.8. The number of hydrogen-bond donors (Lipinski definition) is 2. The minimum absolute atomic E-state index is 0.180. The molecule has 1 amide bonds. The number of amides is 1. The molecule has 0 heterocycles. The average molecular weight is 312 g/mol. The van der Waals surface area contributed by atoms with Crippen LogP contribution < -0.4 is 11.1 Å². The van der Waals surface area contributed by atoms with E-state index in [9.17, 15) is 9.18 Å². The molecule has 4 nitrogen and oxygen atoms in total. The summed E-state index contributed by atoms with van der Waals surface area (Å²) in [6.45, 7) is 0.527. The molecule has 23 heavy (non-hydrogen) atoms. The lowest BCUT2D eigenvalue weighted by atomic mass is 10.1. The highest BCUT2D eigenvalue weighted by molar-refractivity contribution is 5.67. The summed E-state index contributed by atoms with van der Waals surface area (Å²) in [5.74, 6) is 4.99. The summed E-state index contributed by atoms with van der Waals surface area (Å²) in [7, 11) is 0. The molecule has 2 aromatic rings. The van der Waals surface area contributed by atoms with E-state index in [1.54, 1.807) is 6.07 Å². The number of alkyl carbamates (subject to hydrolysis) is 1. The number of nitrogens with two attached hydrogens (primary N) is 1. The lowest BCUT2D eigenvalue weighted by Gasteiger charge is -2.05. The molecule has 0 spiro atoms. The number of benzene rings is 2. The van der Waals surface area contributed by atoms with Gasteiger partial charge in [-0.25, -0.2) is 9.18 Å². The third-order valence-electron chi connectivity index (χ3n) is 2.99. The Morgan fingerprint density at radius 3 is 2.70 bits per heavy atom. The van der Waals surface area contributed by atoms with Crippen molar-refractivity contribution in [1.29, 1.82) is 0 Å². The van der Waals surface area contributed by atoms with Gasteiger partial charge in [0.25, 0.3) is 0 Å². The molecule has 0 aromatic heterocycles. The lowest BCUT2D eigenvalue weighted by Crippen LogP contribution is -2.24. The van der Waals surface area contributed by atoms with E-state index in [1.807, 2.05) is 30.3 Å². The van der Waals surface area contributed by atoms with E-state index < -0.39 is 11.9 Å². The SMILES string of the molecule is Nc1cccc(F)c1C#CCCNC(=O)OCc1ccccc1. The quantitative estimate of drug-likeness (QED) is 0.518. The number of nitrogens with one attached hydrogen (secondary N) is 1. The predicted molar refractivity (Wildman–Crippen MR) is 86.9 cm³/mol. The zero-order valence-electron chi connectivity index (χ0n) is 12.5. The Morgan fingerprint density at radius 2 is 1.96 bits per heavy atom. The molecular formula is C18H17FN2O2. The van der Waals surface area contributed by atoms with E-state index in [4.69, 9.17) is 10.5 Å². The van der Waals surface area contributed by atoms with Gasteiger partial charge in [-0.3, -0.25) is 0 Å². The Bertz CT molecular complexity index is 701. The molecule has 0 fully saturated rings. The van der Waals surface area contributed by atoms with Crippen molar-refractivity contribution >= 4 is 11.8 Å². The fourth-order valence-corrected chi connectivity index (χ4v) is 1.82. The van der Waals surface area contributed by atoms with E-state index in [0.29, 0.717) is 18.7 Å². The first kappa shape index (κ1) is 16.4. The van der Waals surface area contributed by atoms with Crippen LogP contribution in [-0.2, 0) is 11.3 Å². The van der Waals surface area contributed by atoms with E-state index in [-0.39, 0.29) is 12.2 Å². The van der Waals surface area contributed by atoms with Crippen LogP contribution in [0.1, 0.15) is 17.5 Å². The van der Waals surface area contributed by atoms with Crippen LogP contribution in [0.4, 0.5) is 14.9 Å². The molecule has 0 radical (unpaired) electrons. The number of hydrogen-bond acceptors (Lipinski definition) is 3. The topological polar surface area (TPSA) is 64.3 Å². The first-order valence-corrected chi connectivity index (χ1v) is 7.14. The summed E-state index contributed by atoms with van der Waals surface area (Å²) < 4.78 is 18.5. The third-order valence-corrected chi connectivity index (χ3v) is 2.99. The predicted octanol–water partition coefficient (Wildman–Crippen LogP) is 3.08. The Balaban J connectivity index is 1.71. The molecule has 0 bridgehead atoms. The second-order valence-electron chi connectivity index (χ2n) is 4.74. The highest BCUT2D eigenvalue weighted by atomic mass is 19.1. The van der Waals surface area contributed by atoms with Gasteiger partial charge in [0.2, 0.25) is 0 Å². The van der Waals surface area contributed by atoms with Crippen LogP contribution in [0.25, 0.3) is 0 Å². The Labute approximate surface area is 134 Å². The van der Waals surface area contributed by atoms with Gasteiger partial charge in [0.15, 0.2) is 0 Å². The van der Waals surface area contributed by atoms with Gasteiger partial charge in [-0.15, -0.1) is 0 Å². The van der Waals surface area contributed by atoms with Crippen molar-refractivity contribution in [2.45, 2.75) is 13.0 Å². The number of carbonyl (C=O) groups is 1. The minimum atomic E-state index is -0.513. The molecule has 0 atom stereocenters.